The average molecular weight is 296 g/mol. The number of aromatic carboxylic acids is 1. The maximum Gasteiger partial charge on any atom is 0.224 e. The molecule has 0 aromatic heterocycles. The van der Waals surface area contributed by atoms with Crippen molar-refractivity contribution in [2.45, 2.75) is 12.8 Å². The molecule has 1 aliphatic rings. The zero-order valence-corrected chi connectivity index (χ0v) is 11.5. The molecule has 1 aliphatic heterocycles. The van der Waals surface area contributed by atoms with Crippen molar-refractivity contribution in [2.75, 3.05) is 16.8 Å². The lowest BCUT2D eigenvalue weighted by Crippen LogP contribution is -2.22. The topological polar surface area (TPSA) is 103 Å². The number of carboxylic acids is 1. The summed E-state index contributed by atoms with van der Waals surface area (Å²) in [4.78, 5) is 22.5. The summed E-state index contributed by atoms with van der Waals surface area (Å²) in [5.41, 5.74) is 0.337. The Morgan fingerprint density at radius 1 is 1.35 bits per heavy atom. The Labute approximate surface area is 116 Å². The second kappa shape index (κ2) is 5.62. The number of sulfone groups is 1. The zero-order valence-electron chi connectivity index (χ0n) is 10.7. The van der Waals surface area contributed by atoms with E-state index >= 15 is 0 Å². The summed E-state index contributed by atoms with van der Waals surface area (Å²) < 4.78 is 22.6. The Bertz CT molecular complexity index is 638. The quantitative estimate of drug-likeness (QED) is 0.829. The minimum atomic E-state index is -3.00. The third kappa shape index (κ3) is 3.80. The Morgan fingerprint density at radius 2 is 2.10 bits per heavy atom. The Kier molecular flexibility index (Phi) is 4.08. The molecule has 0 saturated carbocycles. The number of hydrogen-bond donors (Lipinski definition) is 1. The van der Waals surface area contributed by atoms with E-state index in [0.29, 0.717) is 12.1 Å². The van der Waals surface area contributed by atoms with Crippen LogP contribution in [0.4, 0.5) is 5.69 Å². The van der Waals surface area contributed by atoms with Gasteiger partial charge in [0.05, 0.1) is 17.5 Å². The summed E-state index contributed by atoms with van der Waals surface area (Å²) in [5, 5.41) is 13.3. The highest BCUT2D eigenvalue weighted by Gasteiger charge is 2.29. The van der Waals surface area contributed by atoms with E-state index in [0.717, 1.165) is 0 Å². The van der Waals surface area contributed by atoms with E-state index in [9.17, 15) is 23.1 Å². The van der Waals surface area contributed by atoms with Crippen molar-refractivity contribution in [1.82, 2.24) is 0 Å². The van der Waals surface area contributed by atoms with Crippen molar-refractivity contribution < 1.29 is 23.1 Å². The molecule has 108 valence electrons. The van der Waals surface area contributed by atoms with Gasteiger partial charge in [-0.3, -0.25) is 4.79 Å². The lowest BCUT2D eigenvalue weighted by molar-refractivity contribution is -0.255. The van der Waals surface area contributed by atoms with Gasteiger partial charge >= 0.3 is 0 Å². The highest BCUT2D eigenvalue weighted by molar-refractivity contribution is 7.91. The molecular formula is C13H14NO5S-. The molecule has 0 radical (unpaired) electrons. The third-order valence-corrected chi connectivity index (χ3v) is 5.02. The number of carbonyl (C=O) groups excluding carboxylic acids is 2. The highest BCUT2D eigenvalue weighted by Crippen LogP contribution is 2.22. The third-order valence-electron chi connectivity index (χ3n) is 3.18. The van der Waals surface area contributed by atoms with Gasteiger partial charge in [0.2, 0.25) is 5.91 Å². The maximum atomic E-state index is 11.8. The normalized spacial score (nSPS) is 20.5. The minimum absolute atomic E-state index is 0.0220. The molecule has 2 rings (SSSR count). The number of nitrogens with one attached hydrogen (secondary N) is 1. The van der Waals surface area contributed by atoms with Gasteiger partial charge in [0, 0.05) is 12.1 Å². The number of amides is 1. The standard InChI is InChI=1S/C13H15NO5S/c15-12(6-9-4-5-20(18,19)8-9)14-11-3-1-2-10(7-11)13(16)17/h1-3,7,9H,4-6,8H2,(H,14,15)(H,16,17)/p-1/t9-/m0/s1. The van der Waals surface area contributed by atoms with Crippen LogP contribution < -0.4 is 10.4 Å². The Hall–Kier alpha value is -1.89. The predicted molar refractivity (Wildman–Crippen MR) is 70.8 cm³/mol. The van der Waals surface area contributed by atoms with Crippen LogP contribution in [0.1, 0.15) is 23.2 Å². The van der Waals surface area contributed by atoms with Crippen LogP contribution in [0.3, 0.4) is 0 Å². The van der Waals surface area contributed by atoms with Gasteiger partial charge in [-0.05, 0) is 30.0 Å². The van der Waals surface area contributed by atoms with Gasteiger partial charge in [-0.25, -0.2) is 8.42 Å². The summed E-state index contributed by atoms with van der Waals surface area (Å²) in [6, 6.07) is 5.74. The van der Waals surface area contributed by atoms with Crippen molar-refractivity contribution >= 4 is 27.4 Å². The molecule has 1 N–H and O–H groups in total. The largest absolute Gasteiger partial charge is 0.545 e. The zero-order chi connectivity index (χ0) is 14.8. The molecule has 7 heteroatoms. The van der Waals surface area contributed by atoms with E-state index in [2.05, 4.69) is 5.32 Å². The molecule has 6 nitrogen and oxygen atoms in total. The summed E-state index contributed by atoms with van der Waals surface area (Å²) in [5.74, 6) is -1.63. The molecule has 1 atom stereocenters. The molecular weight excluding hydrogens is 282 g/mol. The first kappa shape index (κ1) is 14.5. The lowest BCUT2D eigenvalue weighted by Gasteiger charge is -2.10. The monoisotopic (exact) mass is 296 g/mol. The van der Waals surface area contributed by atoms with Crippen LogP contribution in [-0.4, -0.2) is 31.8 Å². The van der Waals surface area contributed by atoms with Crippen LogP contribution in [0.5, 0.6) is 0 Å². The molecule has 0 bridgehead atoms. The number of hydrogen-bond acceptors (Lipinski definition) is 5. The molecule has 1 heterocycles. The number of rotatable bonds is 4. The molecule has 20 heavy (non-hydrogen) atoms. The minimum Gasteiger partial charge on any atom is -0.545 e. The van der Waals surface area contributed by atoms with Gasteiger partial charge in [-0.15, -0.1) is 0 Å². The fraction of sp³-hybridized carbons (Fsp3) is 0.385. The Morgan fingerprint density at radius 3 is 2.70 bits per heavy atom. The fourth-order valence-electron chi connectivity index (χ4n) is 2.23. The van der Waals surface area contributed by atoms with E-state index in [-0.39, 0.29) is 35.3 Å². The van der Waals surface area contributed by atoms with E-state index in [4.69, 9.17) is 0 Å². The molecule has 1 amide bonds. The van der Waals surface area contributed by atoms with E-state index < -0.39 is 15.8 Å². The van der Waals surface area contributed by atoms with Crippen molar-refractivity contribution in [3.05, 3.63) is 29.8 Å². The van der Waals surface area contributed by atoms with Gasteiger partial charge in [0.25, 0.3) is 0 Å². The first-order valence-electron chi connectivity index (χ1n) is 6.17. The van der Waals surface area contributed by atoms with Gasteiger partial charge < -0.3 is 15.2 Å². The van der Waals surface area contributed by atoms with Crippen LogP contribution in [0.15, 0.2) is 24.3 Å². The number of carbonyl (C=O) groups is 2. The van der Waals surface area contributed by atoms with Gasteiger partial charge in [-0.1, -0.05) is 12.1 Å². The second-order valence-electron chi connectivity index (χ2n) is 4.89. The lowest BCUT2D eigenvalue weighted by atomic mass is 10.0. The summed E-state index contributed by atoms with van der Waals surface area (Å²) >= 11 is 0. The van der Waals surface area contributed by atoms with E-state index in [1.54, 1.807) is 6.07 Å². The molecule has 0 unspecified atom stereocenters. The smallest absolute Gasteiger partial charge is 0.224 e. The molecule has 1 fully saturated rings. The van der Waals surface area contributed by atoms with Crippen LogP contribution in [0.2, 0.25) is 0 Å². The van der Waals surface area contributed by atoms with Crippen molar-refractivity contribution in [3.63, 3.8) is 0 Å². The predicted octanol–water partition coefficient (Wildman–Crippen LogP) is -0.187. The average Bonchev–Trinajstić information content (AvgIpc) is 2.68. The molecule has 1 saturated heterocycles. The first-order valence-corrected chi connectivity index (χ1v) is 7.99. The van der Waals surface area contributed by atoms with E-state index in [1.807, 2.05) is 0 Å². The summed E-state index contributed by atoms with van der Waals surface area (Å²) in [6.07, 6.45) is 0.615. The highest BCUT2D eigenvalue weighted by atomic mass is 32.2. The van der Waals surface area contributed by atoms with E-state index in [1.165, 1.54) is 18.2 Å². The van der Waals surface area contributed by atoms with Crippen LogP contribution >= 0.6 is 0 Å². The molecule has 1 aromatic rings. The SMILES string of the molecule is O=C(C[C@@H]1CCS(=O)(=O)C1)Nc1cccc(C(=O)[O-])c1. The summed E-state index contributed by atoms with van der Waals surface area (Å²) in [6.45, 7) is 0. The van der Waals surface area contributed by atoms with Crippen molar-refractivity contribution in [1.29, 1.82) is 0 Å². The maximum absolute atomic E-state index is 11.8. The first-order chi connectivity index (χ1) is 9.35. The van der Waals surface area contributed by atoms with Gasteiger partial charge in [0.15, 0.2) is 9.84 Å². The van der Waals surface area contributed by atoms with Gasteiger partial charge in [0.1, 0.15) is 0 Å². The van der Waals surface area contributed by atoms with Gasteiger partial charge in [-0.2, -0.15) is 0 Å². The molecule has 0 aliphatic carbocycles. The van der Waals surface area contributed by atoms with Crippen molar-refractivity contribution in [3.8, 4) is 0 Å². The second-order valence-corrected chi connectivity index (χ2v) is 7.12. The number of benzene rings is 1. The van der Waals surface area contributed by atoms with Crippen LogP contribution in [-0.2, 0) is 14.6 Å². The van der Waals surface area contributed by atoms with Crippen molar-refractivity contribution in [2.24, 2.45) is 5.92 Å². The number of carboxylic acid groups (broad SMARTS) is 1. The molecule has 0 spiro atoms. The fourth-order valence-corrected chi connectivity index (χ4v) is 4.09. The Balaban J connectivity index is 1.95. The summed E-state index contributed by atoms with van der Waals surface area (Å²) in [7, 11) is -3.00. The van der Waals surface area contributed by atoms with Crippen LogP contribution in [0.25, 0.3) is 0 Å². The molecule has 1 aromatic carbocycles. The van der Waals surface area contributed by atoms with Crippen LogP contribution in [0, 0.1) is 5.92 Å². The number of anilines is 1.